The van der Waals surface area contributed by atoms with Crippen molar-refractivity contribution in [1.29, 1.82) is 0 Å². The minimum absolute atomic E-state index is 0.0237. The van der Waals surface area contributed by atoms with Gasteiger partial charge in [-0.25, -0.2) is 14.1 Å². The minimum Gasteiger partial charge on any atom is -0.449 e. The summed E-state index contributed by atoms with van der Waals surface area (Å²) in [6.45, 7) is 1.61. The number of quaternary nitrogens is 1. The molecule has 2 unspecified atom stereocenters. The Balaban J connectivity index is 1.56. The van der Waals surface area contributed by atoms with Crippen LogP contribution < -0.4 is 9.64 Å². The second-order valence-corrected chi connectivity index (χ2v) is 10.9. The number of aromatic nitrogens is 1. The molecule has 2 aliphatic rings. The van der Waals surface area contributed by atoms with E-state index in [9.17, 15) is 14.7 Å². The molecule has 2 aromatic carbocycles. The number of carbonyl (C=O) groups is 2. The van der Waals surface area contributed by atoms with Gasteiger partial charge in [-0.3, -0.25) is 4.98 Å². The highest BCUT2D eigenvalue weighted by molar-refractivity contribution is 6.43. The van der Waals surface area contributed by atoms with Crippen molar-refractivity contribution < 1.29 is 23.9 Å². The van der Waals surface area contributed by atoms with Crippen LogP contribution in [0, 0.1) is 0 Å². The van der Waals surface area contributed by atoms with Gasteiger partial charge in [0.15, 0.2) is 0 Å². The molecule has 9 heteroatoms. The zero-order valence-corrected chi connectivity index (χ0v) is 22.7. The molecule has 1 fully saturated rings. The lowest BCUT2D eigenvalue weighted by molar-refractivity contribution is -0.888. The molecule has 2 atom stereocenters. The SMILES string of the molecule is C[N+](C(=O)c1cccc(Cl)c1Cl)(C1CCN(c2ccncc2)CC1)C1CCCc2ccc(OC(=O)O)cc21. The first-order valence-electron chi connectivity index (χ1n) is 12.8. The van der Waals surface area contributed by atoms with Crippen molar-refractivity contribution in [2.45, 2.75) is 44.2 Å². The molecule has 0 saturated carbocycles. The van der Waals surface area contributed by atoms with Crippen molar-refractivity contribution in [1.82, 2.24) is 4.98 Å². The summed E-state index contributed by atoms with van der Waals surface area (Å²) in [5.41, 5.74) is 3.60. The molecule has 0 spiro atoms. The largest absolute Gasteiger partial charge is 0.511 e. The average molecular weight is 555 g/mol. The van der Waals surface area contributed by atoms with Gasteiger partial charge in [-0.15, -0.1) is 0 Å². The number of nitrogens with zero attached hydrogens (tertiary/aromatic N) is 3. The molecule has 1 aromatic heterocycles. The number of pyridine rings is 1. The van der Waals surface area contributed by atoms with Crippen LogP contribution in [0.3, 0.4) is 0 Å². The third-order valence-corrected chi connectivity index (χ3v) is 8.94. The standard InChI is InChI=1S/C29H29Cl2N3O4/c1-34(28(35)23-5-3-6-25(30)27(23)31,21-12-16-33(17-13-21)20-10-14-32-15-11-20)26-7-2-4-19-8-9-22(18-24(19)26)38-29(36)37/h3,5-6,8-11,14-15,18,21,26H,2,4,7,12-13,16-17H2,1H3/p+1. The zero-order valence-electron chi connectivity index (χ0n) is 21.1. The Hall–Kier alpha value is -3.13. The molecule has 0 radical (unpaired) electrons. The molecule has 2 heterocycles. The number of benzene rings is 2. The minimum atomic E-state index is -1.36. The summed E-state index contributed by atoms with van der Waals surface area (Å²) in [7, 11) is 2.01. The first-order valence-corrected chi connectivity index (χ1v) is 13.6. The van der Waals surface area contributed by atoms with E-state index in [-0.39, 0.29) is 33.2 Å². The van der Waals surface area contributed by atoms with Gasteiger partial charge < -0.3 is 14.7 Å². The number of hydrogen-bond donors (Lipinski definition) is 1. The Morgan fingerprint density at radius 1 is 1.05 bits per heavy atom. The summed E-state index contributed by atoms with van der Waals surface area (Å²) >= 11 is 12.9. The maximum Gasteiger partial charge on any atom is 0.511 e. The number of halogens is 2. The lowest BCUT2D eigenvalue weighted by atomic mass is 9.82. The van der Waals surface area contributed by atoms with Crippen LogP contribution in [0.5, 0.6) is 5.75 Å². The van der Waals surface area contributed by atoms with Gasteiger partial charge in [-0.05, 0) is 54.8 Å². The van der Waals surface area contributed by atoms with Crippen LogP contribution in [0.2, 0.25) is 10.0 Å². The fraction of sp³-hybridized carbons (Fsp3) is 0.345. The Morgan fingerprint density at radius 3 is 2.50 bits per heavy atom. The van der Waals surface area contributed by atoms with Gasteiger partial charge in [0.25, 0.3) is 0 Å². The molecular formula is C29H30Cl2N3O4+. The highest BCUT2D eigenvalue weighted by Crippen LogP contribution is 2.45. The van der Waals surface area contributed by atoms with Gasteiger partial charge in [0.05, 0.1) is 28.7 Å². The fourth-order valence-electron chi connectivity index (χ4n) is 6.18. The third-order valence-electron chi connectivity index (χ3n) is 8.12. The summed E-state index contributed by atoms with van der Waals surface area (Å²) in [6, 6.07) is 14.4. The van der Waals surface area contributed by atoms with Gasteiger partial charge in [0.1, 0.15) is 11.8 Å². The Bertz CT molecular complexity index is 1340. The van der Waals surface area contributed by atoms with Crippen molar-refractivity contribution in [2.24, 2.45) is 0 Å². The smallest absolute Gasteiger partial charge is 0.449 e. The van der Waals surface area contributed by atoms with E-state index >= 15 is 0 Å². The lowest BCUT2D eigenvalue weighted by Gasteiger charge is -2.49. The Kier molecular flexibility index (Phi) is 7.61. The Labute approximate surface area is 232 Å². The molecule has 1 saturated heterocycles. The zero-order chi connectivity index (χ0) is 26.9. The molecule has 3 aromatic rings. The number of rotatable bonds is 5. The van der Waals surface area contributed by atoms with Gasteiger partial charge in [-0.2, -0.15) is 0 Å². The summed E-state index contributed by atoms with van der Waals surface area (Å²) in [4.78, 5) is 32.3. The third kappa shape index (κ3) is 4.98. The quantitative estimate of drug-likeness (QED) is 0.213. The fourth-order valence-corrected chi connectivity index (χ4v) is 6.56. The number of piperidine rings is 1. The van der Waals surface area contributed by atoms with Gasteiger partial charge in [0.2, 0.25) is 0 Å². The second-order valence-electron chi connectivity index (χ2n) is 10.1. The van der Waals surface area contributed by atoms with Crippen LogP contribution in [0.4, 0.5) is 10.5 Å². The van der Waals surface area contributed by atoms with Crippen LogP contribution in [-0.4, -0.2) is 52.8 Å². The van der Waals surface area contributed by atoms with E-state index in [0.717, 1.165) is 62.0 Å². The molecule has 5 rings (SSSR count). The maximum atomic E-state index is 14.5. The van der Waals surface area contributed by atoms with E-state index in [4.69, 9.17) is 27.9 Å². The maximum absolute atomic E-state index is 14.5. The van der Waals surface area contributed by atoms with Crippen LogP contribution in [0.15, 0.2) is 60.9 Å². The first kappa shape index (κ1) is 26.5. The highest BCUT2D eigenvalue weighted by atomic mass is 35.5. The topological polar surface area (TPSA) is 79.7 Å². The molecule has 1 amide bonds. The molecule has 1 N–H and O–H groups in total. The van der Waals surface area contributed by atoms with E-state index in [1.54, 1.807) is 42.7 Å². The number of anilines is 1. The molecule has 198 valence electrons. The number of fused-ring (bicyclic) bond motifs is 1. The number of aryl methyl sites for hydroxylation is 1. The monoisotopic (exact) mass is 554 g/mol. The van der Waals surface area contributed by atoms with Gasteiger partial charge in [0, 0.05) is 56.0 Å². The van der Waals surface area contributed by atoms with Crippen molar-refractivity contribution in [3.8, 4) is 5.75 Å². The average Bonchev–Trinajstić information content (AvgIpc) is 2.93. The Morgan fingerprint density at radius 2 is 1.79 bits per heavy atom. The molecule has 7 nitrogen and oxygen atoms in total. The van der Waals surface area contributed by atoms with Crippen LogP contribution in [0.25, 0.3) is 0 Å². The predicted molar refractivity (Wildman–Crippen MR) is 147 cm³/mol. The van der Waals surface area contributed by atoms with Crippen molar-refractivity contribution in [3.05, 3.63) is 87.7 Å². The number of ether oxygens (including phenoxy) is 1. The van der Waals surface area contributed by atoms with Gasteiger partial charge in [-0.1, -0.05) is 35.3 Å². The van der Waals surface area contributed by atoms with E-state index in [1.807, 2.05) is 25.2 Å². The summed E-state index contributed by atoms with van der Waals surface area (Å²) in [5.74, 6) is 0.178. The molecular weight excluding hydrogens is 525 g/mol. The predicted octanol–water partition coefficient (Wildman–Crippen LogP) is 6.78. The van der Waals surface area contributed by atoms with Crippen LogP contribution >= 0.6 is 23.2 Å². The number of hydrogen-bond acceptors (Lipinski definition) is 5. The van der Waals surface area contributed by atoms with E-state index < -0.39 is 6.16 Å². The van der Waals surface area contributed by atoms with E-state index in [0.29, 0.717) is 10.6 Å². The number of carboxylic acid groups (broad SMARTS) is 1. The van der Waals surface area contributed by atoms with E-state index in [1.165, 1.54) is 0 Å². The molecule has 1 aliphatic carbocycles. The van der Waals surface area contributed by atoms with E-state index in [2.05, 4.69) is 9.88 Å². The molecule has 0 bridgehead atoms. The van der Waals surface area contributed by atoms with Crippen molar-refractivity contribution >= 4 is 41.0 Å². The van der Waals surface area contributed by atoms with Crippen LogP contribution in [0.1, 0.15) is 53.2 Å². The van der Waals surface area contributed by atoms with Gasteiger partial charge >= 0.3 is 12.1 Å². The van der Waals surface area contributed by atoms with Crippen molar-refractivity contribution in [3.63, 3.8) is 0 Å². The molecule has 1 aliphatic heterocycles. The number of carbonyl (C=O) groups excluding carboxylic acids is 1. The second kappa shape index (κ2) is 10.9. The number of amides is 1. The van der Waals surface area contributed by atoms with Crippen LogP contribution in [-0.2, 0) is 6.42 Å². The molecule has 38 heavy (non-hydrogen) atoms. The lowest BCUT2D eigenvalue weighted by Crippen LogP contribution is -2.61. The summed E-state index contributed by atoms with van der Waals surface area (Å²) in [6.07, 6.45) is 6.42. The highest BCUT2D eigenvalue weighted by Gasteiger charge is 2.50. The summed E-state index contributed by atoms with van der Waals surface area (Å²) < 4.78 is 5.14. The van der Waals surface area contributed by atoms with Crippen molar-refractivity contribution in [2.75, 3.05) is 25.0 Å². The summed E-state index contributed by atoms with van der Waals surface area (Å²) in [5, 5.41) is 9.80. The first-order chi connectivity index (χ1) is 18.3. The normalized spacial score (nSPS) is 19.3.